The summed E-state index contributed by atoms with van der Waals surface area (Å²) in [6, 6.07) is 4.68. The van der Waals surface area contributed by atoms with Crippen LogP contribution in [0.15, 0.2) is 12.1 Å². The third-order valence-corrected chi connectivity index (χ3v) is 5.38. The Balaban J connectivity index is 2.05. The predicted octanol–water partition coefficient (Wildman–Crippen LogP) is 4.88. The number of nitrogens with one attached hydrogen (secondary N) is 1. The minimum absolute atomic E-state index is 0.489. The summed E-state index contributed by atoms with van der Waals surface area (Å²) in [4.78, 5) is 1.39. The van der Waals surface area contributed by atoms with E-state index in [4.69, 9.17) is 11.6 Å². The van der Waals surface area contributed by atoms with E-state index in [0.717, 1.165) is 10.3 Å². The Morgan fingerprint density at radius 2 is 2.00 bits per heavy atom. The zero-order valence-electron chi connectivity index (χ0n) is 10.9. The minimum atomic E-state index is 0.489. The molecule has 0 spiro atoms. The molecule has 1 aromatic heterocycles. The molecule has 1 aliphatic rings. The highest BCUT2D eigenvalue weighted by molar-refractivity contribution is 7.16. The highest BCUT2D eigenvalue weighted by Crippen LogP contribution is 2.44. The monoisotopic (exact) mass is 271 g/mol. The maximum absolute atomic E-state index is 6.04. The van der Waals surface area contributed by atoms with Gasteiger partial charge < -0.3 is 5.32 Å². The Morgan fingerprint density at radius 3 is 2.47 bits per heavy atom. The van der Waals surface area contributed by atoms with Crippen molar-refractivity contribution in [2.45, 2.75) is 45.6 Å². The summed E-state index contributed by atoms with van der Waals surface area (Å²) in [6.07, 6.45) is 5.34. The molecule has 1 aromatic rings. The topological polar surface area (TPSA) is 12.0 Å². The van der Waals surface area contributed by atoms with E-state index in [0.29, 0.717) is 11.5 Å². The van der Waals surface area contributed by atoms with Crippen LogP contribution in [0.4, 0.5) is 0 Å². The van der Waals surface area contributed by atoms with Crippen LogP contribution in [-0.2, 0) is 0 Å². The lowest BCUT2D eigenvalue weighted by Gasteiger charge is -2.37. The highest BCUT2D eigenvalue weighted by Gasteiger charge is 2.31. The van der Waals surface area contributed by atoms with Crippen molar-refractivity contribution < 1.29 is 0 Å². The van der Waals surface area contributed by atoms with E-state index in [1.165, 1.54) is 30.6 Å². The third kappa shape index (κ3) is 3.24. The van der Waals surface area contributed by atoms with Crippen molar-refractivity contribution in [3.8, 4) is 0 Å². The van der Waals surface area contributed by atoms with Crippen molar-refractivity contribution in [3.63, 3.8) is 0 Å². The van der Waals surface area contributed by atoms with Gasteiger partial charge in [0.15, 0.2) is 0 Å². The molecule has 0 bridgehead atoms. The van der Waals surface area contributed by atoms with Gasteiger partial charge in [-0.25, -0.2) is 0 Å². The summed E-state index contributed by atoms with van der Waals surface area (Å²) in [6.45, 7) is 4.78. The van der Waals surface area contributed by atoms with Crippen molar-refractivity contribution in [2.24, 2.45) is 11.3 Å². The average molecular weight is 272 g/mol. The normalized spacial score (nSPS) is 22.6. The van der Waals surface area contributed by atoms with Crippen molar-refractivity contribution >= 4 is 22.9 Å². The summed E-state index contributed by atoms with van der Waals surface area (Å²) < 4.78 is 0.899. The zero-order chi connectivity index (χ0) is 12.5. The first kappa shape index (κ1) is 13.4. The van der Waals surface area contributed by atoms with Crippen LogP contribution >= 0.6 is 22.9 Å². The SMILES string of the molecule is CNC(c1ccc(Cl)s1)C1CCC(C)(C)CC1. The van der Waals surface area contributed by atoms with Gasteiger partial charge in [0.05, 0.1) is 4.34 Å². The van der Waals surface area contributed by atoms with Crippen molar-refractivity contribution in [1.82, 2.24) is 5.32 Å². The molecule has 1 nitrogen and oxygen atoms in total. The van der Waals surface area contributed by atoms with Gasteiger partial charge >= 0.3 is 0 Å². The van der Waals surface area contributed by atoms with Crippen LogP contribution in [0.3, 0.4) is 0 Å². The number of halogens is 1. The summed E-state index contributed by atoms with van der Waals surface area (Å²) in [7, 11) is 2.07. The Hall–Kier alpha value is -0.0500. The van der Waals surface area contributed by atoms with Crippen LogP contribution in [0.2, 0.25) is 4.34 Å². The van der Waals surface area contributed by atoms with Crippen LogP contribution in [0.5, 0.6) is 0 Å². The molecule has 1 heterocycles. The minimum Gasteiger partial charge on any atom is -0.312 e. The largest absolute Gasteiger partial charge is 0.312 e. The first-order valence-corrected chi connectivity index (χ1v) is 7.64. The molecule has 0 radical (unpaired) electrons. The van der Waals surface area contributed by atoms with Crippen molar-refractivity contribution in [2.75, 3.05) is 7.05 Å². The molecule has 96 valence electrons. The Kier molecular flexibility index (Phi) is 4.17. The smallest absolute Gasteiger partial charge is 0.0931 e. The molecule has 1 aliphatic carbocycles. The van der Waals surface area contributed by atoms with Crippen LogP contribution in [-0.4, -0.2) is 7.05 Å². The van der Waals surface area contributed by atoms with Gasteiger partial charge in [0.1, 0.15) is 0 Å². The first-order valence-electron chi connectivity index (χ1n) is 6.44. The van der Waals surface area contributed by atoms with E-state index in [1.54, 1.807) is 11.3 Å². The maximum Gasteiger partial charge on any atom is 0.0931 e. The molecule has 1 saturated carbocycles. The average Bonchev–Trinajstić information content (AvgIpc) is 2.68. The van der Waals surface area contributed by atoms with Gasteiger partial charge in [-0.15, -0.1) is 11.3 Å². The van der Waals surface area contributed by atoms with E-state index in [1.807, 2.05) is 6.07 Å². The molecule has 1 fully saturated rings. The Bertz CT molecular complexity index is 362. The zero-order valence-corrected chi connectivity index (χ0v) is 12.5. The lowest BCUT2D eigenvalue weighted by Crippen LogP contribution is -2.30. The van der Waals surface area contributed by atoms with E-state index in [9.17, 15) is 0 Å². The van der Waals surface area contributed by atoms with Gasteiger partial charge in [0, 0.05) is 10.9 Å². The Labute approximate surface area is 114 Å². The van der Waals surface area contributed by atoms with Gasteiger partial charge in [-0.3, -0.25) is 0 Å². The van der Waals surface area contributed by atoms with Gasteiger partial charge in [0.2, 0.25) is 0 Å². The van der Waals surface area contributed by atoms with Crippen molar-refractivity contribution in [3.05, 3.63) is 21.3 Å². The maximum atomic E-state index is 6.04. The molecule has 0 saturated heterocycles. The quantitative estimate of drug-likeness (QED) is 0.826. The van der Waals surface area contributed by atoms with Gasteiger partial charge in [0.25, 0.3) is 0 Å². The van der Waals surface area contributed by atoms with Gasteiger partial charge in [-0.1, -0.05) is 25.4 Å². The fourth-order valence-corrected chi connectivity index (χ4v) is 4.13. The number of hydrogen-bond donors (Lipinski definition) is 1. The van der Waals surface area contributed by atoms with Crippen molar-refractivity contribution in [1.29, 1.82) is 0 Å². The standard InChI is InChI=1S/C14H22ClNS/c1-14(2)8-6-10(7-9-14)13(16-3)11-4-5-12(15)17-11/h4-5,10,13,16H,6-9H2,1-3H3. The summed E-state index contributed by atoms with van der Waals surface area (Å²) >= 11 is 7.75. The van der Waals surface area contributed by atoms with E-state index in [2.05, 4.69) is 32.3 Å². The second kappa shape index (κ2) is 5.29. The molecule has 3 heteroatoms. The predicted molar refractivity (Wildman–Crippen MR) is 76.9 cm³/mol. The molecule has 0 aliphatic heterocycles. The molecule has 2 rings (SSSR count). The van der Waals surface area contributed by atoms with Gasteiger partial charge in [-0.2, -0.15) is 0 Å². The first-order chi connectivity index (χ1) is 8.02. The van der Waals surface area contributed by atoms with Crippen LogP contribution in [0, 0.1) is 11.3 Å². The molecule has 17 heavy (non-hydrogen) atoms. The molecular weight excluding hydrogens is 250 g/mol. The fourth-order valence-electron chi connectivity index (χ4n) is 2.86. The lowest BCUT2D eigenvalue weighted by molar-refractivity contribution is 0.165. The molecule has 0 amide bonds. The molecular formula is C14H22ClNS. The fraction of sp³-hybridized carbons (Fsp3) is 0.714. The summed E-state index contributed by atoms with van der Waals surface area (Å²) in [5, 5.41) is 3.48. The van der Waals surface area contributed by atoms with E-state index < -0.39 is 0 Å². The molecule has 1 atom stereocenters. The van der Waals surface area contributed by atoms with Crippen LogP contribution < -0.4 is 5.32 Å². The summed E-state index contributed by atoms with van der Waals surface area (Å²) in [5.41, 5.74) is 0.544. The highest BCUT2D eigenvalue weighted by atomic mass is 35.5. The molecule has 1 N–H and O–H groups in total. The molecule has 1 unspecified atom stereocenters. The Morgan fingerprint density at radius 1 is 1.35 bits per heavy atom. The van der Waals surface area contributed by atoms with Gasteiger partial charge in [-0.05, 0) is 56.2 Å². The number of hydrogen-bond acceptors (Lipinski definition) is 2. The molecule has 0 aromatic carbocycles. The summed E-state index contributed by atoms with van der Waals surface area (Å²) in [5.74, 6) is 0.766. The third-order valence-electron chi connectivity index (χ3n) is 4.07. The van der Waals surface area contributed by atoms with Crippen LogP contribution in [0.1, 0.15) is 50.4 Å². The number of rotatable bonds is 3. The number of thiophene rings is 1. The van der Waals surface area contributed by atoms with Crippen LogP contribution in [0.25, 0.3) is 0 Å². The van der Waals surface area contributed by atoms with E-state index >= 15 is 0 Å². The second-order valence-electron chi connectivity index (χ2n) is 5.91. The van der Waals surface area contributed by atoms with E-state index in [-0.39, 0.29) is 0 Å². The lowest BCUT2D eigenvalue weighted by atomic mass is 9.71. The second-order valence-corrected chi connectivity index (χ2v) is 7.66.